The summed E-state index contributed by atoms with van der Waals surface area (Å²) < 4.78 is 69.3. The number of piperidine rings is 1. The third-order valence-corrected chi connectivity index (χ3v) is 8.43. The fourth-order valence-corrected chi connectivity index (χ4v) is 5.91. The maximum absolute atomic E-state index is 12.9. The third-order valence-electron chi connectivity index (χ3n) is 6.90. The van der Waals surface area contributed by atoms with Gasteiger partial charge in [-0.1, -0.05) is 22.8 Å². The molecule has 2 aliphatic heterocycles. The number of rotatable bonds is 5. The molecule has 0 aliphatic carbocycles. The van der Waals surface area contributed by atoms with Gasteiger partial charge in [-0.25, -0.2) is 13.4 Å². The van der Waals surface area contributed by atoms with Crippen LogP contribution in [0.1, 0.15) is 35.4 Å². The molecule has 4 heterocycles. The number of aromatic nitrogens is 3. The number of nitrogens with zero attached hydrogens (tertiary/aromatic N) is 5. The van der Waals surface area contributed by atoms with Crippen LogP contribution in [-0.4, -0.2) is 53.7 Å². The van der Waals surface area contributed by atoms with Gasteiger partial charge in [0.25, 0.3) is 5.89 Å². The molecule has 0 spiro atoms. The summed E-state index contributed by atoms with van der Waals surface area (Å²) in [5.41, 5.74) is 1.97. The van der Waals surface area contributed by atoms with Crippen molar-refractivity contribution >= 4 is 27.4 Å². The van der Waals surface area contributed by atoms with E-state index >= 15 is 0 Å². The number of anilines is 1. The van der Waals surface area contributed by atoms with Crippen molar-refractivity contribution in [3.05, 3.63) is 58.0 Å². The van der Waals surface area contributed by atoms with Crippen LogP contribution in [0, 0.1) is 5.92 Å². The van der Waals surface area contributed by atoms with Crippen LogP contribution in [0.15, 0.2) is 35.0 Å². The number of pyridine rings is 1. The summed E-state index contributed by atoms with van der Waals surface area (Å²) in [4.78, 5) is 10.4. The summed E-state index contributed by atoms with van der Waals surface area (Å²) in [5, 5.41) is 4.13. The summed E-state index contributed by atoms with van der Waals surface area (Å²) in [6, 6.07) is 6.66. The van der Waals surface area contributed by atoms with E-state index in [9.17, 15) is 21.6 Å². The standard InChI is InChI=1S/C24H25ClF3N5O3S/c1-37(34,35)33-9-6-16-11-17(2-3-18(16)14-33)23-30-21(31-36-23)10-15-4-7-32(8-5-15)22-20(25)12-19(13-29-22)24(26,27)28/h2-3,11-13,15H,4-10,14H2,1H3. The van der Waals surface area contributed by atoms with Crippen LogP contribution in [-0.2, 0) is 35.6 Å². The van der Waals surface area contributed by atoms with Crippen molar-refractivity contribution in [1.82, 2.24) is 19.4 Å². The van der Waals surface area contributed by atoms with Gasteiger partial charge in [0.15, 0.2) is 5.82 Å². The van der Waals surface area contributed by atoms with Gasteiger partial charge in [0.2, 0.25) is 10.0 Å². The highest BCUT2D eigenvalue weighted by atomic mass is 35.5. The molecule has 0 N–H and O–H groups in total. The minimum atomic E-state index is -4.48. The predicted octanol–water partition coefficient (Wildman–Crippen LogP) is 4.58. The lowest BCUT2D eigenvalue weighted by Crippen LogP contribution is -2.35. The molecule has 2 aromatic heterocycles. The molecule has 0 amide bonds. The number of sulfonamides is 1. The van der Waals surface area contributed by atoms with Gasteiger partial charge >= 0.3 is 6.18 Å². The summed E-state index contributed by atoms with van der Waals surface area (Å²) in [5.74, 6) is 1.67. The van der Waals surface area contributed by atoms with Gasteiger partial charge in [-0.2, -0.15) is 22.5 Å². The molecular formula is C24H25ClF3N5O3S. The second-order valence-corrected chi connectivity index (χ2v) is 11.9. The van der Waals surface area contributed by atoms with E-state index in [1.807, 2.05) is 23.1 Å². The summed E-state index contributed by atoms with van der Waals surface area (Å²) in [6.45, 7) is 2.03. The van der Waals surface area contributed by atoms with E-state index in [-0.39, 0.29) is 5.02 Å². The minimum absolute atomic E-state index is 0.00911. The van der Waals surface area contributed by atoms with Gasteiger partial charge in [0.1, 0.15) is 5.82 Å². The SMILES string of the molecule is CS(=O)(=O)N1CCc2cc(-c3nc(CC4CCN(c5ncc(C(F)(F)F)cc5Cl)CC4)no3)ccc2C1. The second kappa shape index (κ2) is 9.88. The molecule has 37 heavy (non-hydrogen) atoms. The largest absolute Gasteiger partial charge is 0.417 e. The molecule has 198 valence electrons. The van der Waals surface area contributed by atoms with E-state index in [0.29, 0.717) is 62.5 Å². The first-order valence-corrected chi connectivity index (χ1v) is 14.1. The zero-order chi connectivity index (χ0) is 26.4. The van der Waals surface area contributed by atoms with Crippen molar-refractivity contribution in [2.75, 3.05) is 30.8 Å². The third kappa shape index (κ3) is 5.75. The van der Waals surface area contributed by atoms with Crippen molar-refractivity contribution < 1.29 is 26.1 Å². The minimum Gasteiger partial charge on any atom is -0.355 e. The molecule has 8 nitrogen and oxygen atoms in total. The Morgan fingerprint density at radius 3 is 2.57 bits per heavy atom. The summed E-state index contributed by atoms with van der Waals surface area (Å²) in [7, 11) is -3.23. The Kier molecular flexibility index (Phi) is 6.92. The Balaban J connectivity index is 1.19. The van der Waals surface area contributed by atoms with Crippen molar-refractivity contribution in [1.29, 1.82) is 0 Å². The highest BCUT2D eigenvalue weighted by Gasteiger charge is 2.32. The highest BCUT2D eigenvalue weighted by molar-refractivity contribution is 7.88. The average Bonchev–Trinajstić information content (AvgIpc) is 3.31. The Labute approximate surface area is 217 Å². The molecule has 0 radical (unpaired) electrons. The van der Waals surface area contributed by atoms with Crippen LogP contribution in [0.25, 0.3) is 11.5 Å². The molecule has 0 atom stereocenters. The second-order valence-electron chi connectivity index (χ2n) is 9.51. The predicted molar refractivity (Wildman–Crippen MR) is 132 cm³/mol. The maximum Gasteiger partial charge on any atom is 0.417 e. The van der Waals surface area contributed by atoms with Crippen LogP contribution in [0.4, 0.5) is 19.0 Å². The lowest BCUT2D eigenvalue weighted by Gasteiger charge is -2.33. The molecule has 0 bridgehead atoms. The average molecular weight is 556 g/mol. The van der Waals surface area contributed by atoms with Crippen LogP contribution >= 0.6 is 11.6 Å². The summed E-state index contributed by atoms with van der Waals surface area (Å²) in [6.07, 6.45) is 0.377. The van der Waals surface area contributed by atoms with Gasteiger partial charge in [0, 0.05) is 44.4 Å². The lowest BCUT2D eigenvalue weighted by atomic mass is 9.93. The van der Waals surface area contributed by atoms with Gasteiger partial charge in [-0.15, -0.1) is 0 Å². The van der Waals surface area contributed by atoms with Gasteiger partial charge in [0.05, 0.1) is 16.8 Å². The molecule has 1 aromatic carbocycles. The van der Waals surface area contributed by atoms with E-state index in [0.717, 1.165) is 41.8 Å². The molecule has 13 heteroatoms. The zero-order valence-corrected chi connectivity index (χ0v) is 21.6. The fraction of sp³-hybridized carbons (Fsp3) is 0.458. The lowest BCUT2D eigenvalue weighted by molar-refractivity contribution is -0.137. The van der Waals surface area contributed by atoms with Crippen molar-refractivity contribution in [2.24, 2.45) is 5.92 Å². The first kappa shape index (κ1) is 25.9. The topological polar surface area (TPSA) is 92.4 Å². The fourth-order valence-electron chi connectivity index (χ4n) is 4.82. The van der Waals surface area contributed by atoms with Crippen LogP contribution in [0.5, 0.6) is 0 Å². The molecule has 0 saturated carbocycles. The first-order chi connectivity index (χ1) is 17.5. The Bertz CT molecular complexity index is 1400. The Morgan fingerprint density at radius 2 is 1.89 bits per heavy atom. The van der Waals surface area contributed by atoms with Crippen LogP contribution in [0.2, 0.25) is 5.02 Å². The van der Waals surface area contributed by atoms with Crippen molar-refractivity contribution in [3.8, 4) is 11.5 Å². The normalized spacial score (nSPS) is 17.7. The first-order valence-electron chi connectivity index (χ1n) is 11.8. The Morgan fingerprint density at radius 1 is 1.14 bits per heavy atom. The molecule has 0 unspecified atom stereocenters. The monoisotopic (exact) mass is 555 g/mol. The van der Waals surface area contributed by atoms with E-state index < -0.39 is 21.8 Å². The molecule has 3 aromatic rings. The molecule has 1 fully saturated rings. The maximum atomic E-state index is 12.9. The number of fused-ring (bicyclic) bond motifs is 1. The summed E-state index contributed by atoms with van der Waals surface area (Å²) >= 11 is 6.10. The van der Waals surface area contributed by atoms with E-state index in [1.165, 1.54) is 10.6 Å². The van der Waals surface area contributed by atoms with E-state index in [4.69, 9.17) is 16.1 Å². The number of alkyl halides is 3. The van der Waals surface area contributed by atoms with E-state index in [2.05, 4.69) is 15.1 Å². The van der Waals surface area contributed by atoms with Gasteiger partial charge in [-0.3, -0.25) is 0 Å². The van der Waals surface area contributed by atoms with E-state index in [1.54, 1.807) is 0 Å². The number of hydrogen-bond donors (Lipinski definition) is 0. The number of benzene rings is 1. The van der Waals surface area contributed by atoms with Gasteiger partial charge < -0.3 is 9.42 Å². The van der Waals surface area contributed by atoms with Crippen LogP contribution in [0.3, 0.4) is 0 Å². The van der Waals surface area contributed by atoms with Crippen molar-refractivity contribution in [3.63, 3.8) is 0 Å². The van der Waals surface area contributed by atoms with Crippen LogP contribution < -0.4 is 4.90 Å². The quantitative estimate of drug-likeness (QED) is 0.455. The Hall–Kier alpha value is -2.70. The zero-order valence-electron chi connectivity index (χ0n) is 20.0. The van der Waals surface area contributed by atoms with Gasteiger partial charge in [-0.05, 0) is 54.5 Å². The highest BCUT2D eigenvalue weighted by Crippen LogP contribution is 2.35. The van der Waals surface area contributed by atoms with Crippen molar-refractivity contribution in [2.45, 2.75) is 38.4 Å². The number of hydrogen-bond acceptors (Lipinski definition) is 7. The molecule has 5 rings (SSSR count). The molecule has 2 aliphatic rings. The smallest absolute Gasteiger partial charge is 0.355 e. The molecule has 1 saturated heterocycles. The molecular weight excluding hydrogens is 531 g/mol. The number of halogens is 4.